The van der Waals surface area contributed by atoms with Crippen molar-refractivity contribution in [3.05, 3.63) is 53.4 Å². The van der Waals surface area contributed by atoms with Gasteiger partial charge in [-0.1, -0.05) is 23.7 Å². The molecule has 1 aromatic carbocycles. The van der Waals surface area contributed by atoms with Crippen molar-refractivity contribution in [1.29, 1.82) is 0 Å². The molecule has 3 aromatic rings. The zero-order valence-electron chi connectivity index (χ0n) is 17.9. The second-order valence-electron chi connectivity index (χ2n) is 9.35. The molecular formula is C24H27ClN6O. The van der Waals surface area contributed by atoms with Crippen molar-refractivity contribution in [2.24, 2.45) is 0 Å². The number of nitrogens with zero attached hydrogens (tertiary/aromatic N) is 4. The average Bonchev–Trinajstić information content (AvgIpc) is 3.20. The molecule has 2 aliphatic heterocycles. The summed E-state index contributed by atoms with van der Waals surface area (Å²) < 4.78 is 0. The number of piperazine rings is 1. The van der Waals surface area contributed by atoms with Crippen molar-refractivity contribution in [2.75, 3.05) is 31.1 Å². The Morgan fingerprint density at radius 1 is 1.06 bits per heavy atom. The summed E-state index contributed by atoms with van der Waals surface area (Å²) in [5.41, 5.74) is 2.20. The number of carbonyl (C=O) groups excluding carboxylic acids is 1. The molecule has 2 saturated heterocycles. The van der Waals surface area contributed by atoms with Crippen LogP contribution in [0.25, 0.3) is 11.0 Å². The lowest BCUT2D eigenvalue weighted by molar-refractivity contribution is -0.133. The van der Waals surface area contributed by atoms with Gasteiger partial charge in [0, 0.05) is 49.0 Å². The first-order valence-corrected chi connectivity index (χ1v) is 11.8. The van der Waals surface area contributed by atoms with E-state index in [1.54, 1.807) is 6.33 Å². The number of carbonyl (C=O) groups is 1. The molecule has 1 saturated carbocycles. The van der Waals surface area contributed by atoms with Gasteiger partial charge in [0.25, 0.3) is 0 Å². The van der Waals surface area contributed by atoms with Gasteiger partial charge in [-0.2, -0.15) is 0 Å². The lowest BCUT2D eigenvalue weighted by Crippen LogP contribution is -2.52. The number of aromatic amines is 1. The number of hydrogen-bond acceptors (Lipinski definition) is 5. The summed E-state index contributed by atoms with van der Waals surface area (Å²) in [6, 6.07) is 10.0. The number of rotatable bonds is 4. The summed E-state index contributed by atoms with van der Waals surface area (Å²) in [5, 5.41) is 5.54. The fourth-order valence-electron chi connectivity index (χ4n) is 5.43. The van der Waals surface area contributed by atoms with Gasteiger partial charge in [0.05, 0.1) is 11.3 Å². The predicted octanol–water partition coefficient (Wildman–Crippen LogP) is 3.33. The number of hydrogen-bond donors (Lipinski definition) is 2. The van der Waals surface area contributed by atoms with E-state index in [0.717, 1.165) is 41.9 Å². The summed E-state index contributed by atoms with van der Waals surface area (Å²) in [6.07, 6.45) is 8.17. The van der Waals surface area contributed by atoms with Crippen LogP contribution in [0.2, 0.25) is 5.02 Å². The summed E-state index contributed by atoms with van der Waals surface area (Å²) in [4.78, 5) is 30.1. The Labute approximate surface area is 192 Å². The van der Waals surface area contributed by atoms with Gasteiger partial charge >= 0.3 is 0 Å². The molecule has 1 aliphatic carbocycles. The van der Waals surface area contributed by atoms with Crippen LogP contribution in [0.3, 0.4) is 0 Å². The second kappa shape index (κ2) is 7.74. The molecule has 166 valence electrons. The molecule has 2 aromatic heterocycles. The van der Waals surface area contributed by atoms with Gasteiger partial charge < -0.3 is 20.1 Å². The van der Waals surface area contributed by atoms with Crippen LogP contribution in [-0.4, -0.2) is 63.5 Å². The maximum absolute atomic E-state index is 13.8. The van der Waals surface area contributed by atoms with E-state index in [0.29, 0.717) is 23.7 Å². The van der Waals surface area contributed by atoms with Crippen LogP contribution in [-0.2, 0) is 4.79 Å². The van der Waals surface area contributed by atoms with Crippen LogP contribution in [0, 0.1) is 0 Å². The van der Waals surface area contributed by atoms with Crippen LogP contribution in [0.5, 0.6) is 0 Å². The number of fused-ring (bicyclic) bond motifs is 1. The van der Waals surface area contributed by atoms with Crippen LogP contribution in [0.15, 0.2) is 42.9 Å². The quantitative estimate of drug-likeness (QED) is 0.637. The summed E-state index contributed by atoms with van der Waals surface area (Å²) in [5.74, 6) is 0.983. The standard InChI is InChI=1S/C24H27ClN6O/c25-17-3-1-16(2-4-17)20(19-5-7-24(29-19)8-9-24)23(32)31-13-11-30(12-14-31)22-18-6-10-26-21(18)27-15-28-22/h1-4,6,10,15,19-20,29H,5,7-9,11-14H2,(H,26,27,28)/t19-,20-/m0/s1. The molecule has 32 heavy (non-hydrogen) atoms. The van der Waals surface area contributed by atoms with Crippen molar-refractivity contribution in [2.45, 2.75) is 43.2 Å². The maximum atomic E-state index is 13.8. The molecule has 2 N–H and O–H groups in total. The Kier molecular flexibility index (Phi) is 4.84. The minimum atomic E-state index is -0.172. The zero-order valence-corrected chi connectivity index (χ0v) is 18.7. The van der Waals surface area contributed by atoms with Crippen LogP contribution >= 0.6 is 11.6 Å². The van der Waals surface area contributed by atoms with Crippen molar-refractivity contribution < 1.29 is 4.79 Å². The Balaban J connectivity index is 1.21. The normalized spacial score (nSPS) is 23.1. The lowest BCUT2D eigenvalue weighted by Gasteiger charge is -2.38. The van der Waals surface area contributed by atoms with Gasteiger partial charge in [0.1, 0.15) is 17.8 Å². The number of benzene rings is 1. The smallest absolute Gasteiger partial charge is 0.231 e. The third kappa shape index (κ3) is 3.53. The molecule has 0 bridgehead atoms. The monoisotopic (exact) mass is 450 g/mol. The van der Waals surface area contributed by atoms with E-state index in [2.05, 4.69) is 25.2 Å². The molecule has 4 heterocycles. The van der Waals surface area contributed by atoms with Gasteiger partial charge in [-0.3, -0.25) is 4.79 Å². The van der Waals surface area contributed by atoms with Crippen LogP contribution < -0.4 is 10.2 Å². The van der Waals surface area contributed by atoms with Crippen LogP contribution in [0.4, 0.5) is 5.82 Å². The number of halogens is 1. The van der Waals surface area contributed by atoms with Crippen molar-refractivity contribution in [3.8, 4) is 0 Å². The molecule has 8 heteroatoms. The molecule has 6 rings (SSSR count). The number of anilines is 1. The van der Waals surface area contributed by atoms with Gasteiger partial charge in [-0.05, 0) is 49.4 Å². The Bertz CT molecular complexity index is 1130. The molecule has 2 atom stereocenters. The lowest BCUT2D eigenvalue weighted by atomic mass is 9.89. The fourth-order valence-corrected chi connectivity index (χ4v) is 5.55. The highest BCUT2D eigenvalue weighted by molar-refractivity contribution is 6.30. The van der Waals surface area contributed by atoms with Crippen molar-refractivity contribution >= 4 is 34.4 Å². The molecule has 3 aliphatic rings. The van der Waals surface area contributed by atoms with E-state index < -0.39 is 0 Å². The van der Waals surface area contributed by atoms with E-state index in [-0.39, 0.29) is 17.9 Å². The third-order valence-electron chi connectivity index (χ3n) is 7.40. The van der Waals surface area contributed by atoms with E-state index in [9.17, 15) is 4.79 Å². The molecule has 3 fully saturated rings. The van der Waals surface area contributed by atoms with E-state index >= 15 is 0 Å². The molecular weight excluding hydrogens is 424 g/mol. The van der Waals surface area contributed by atoms with Gasteiger partial charge in [-0.25, -0.2) is 9.97 Å². The van der Waals surface area contributed by atoms with Crippen molar-refractivity contribution in [3.63, 3.8) is 0 Å². The Morgan fingerprint density at radius 3 is 2.56 bits per heavy atom. The van der Waals surface area contributed by atoms with Gasteiger partial charge in [-0.15, -0.1) is 0 Å². The summed E-state index contributed by atoms with van der Waals surface area (Å²) >= 11 is 6.14. The minimum absolute atomic E-state index is 0.172. The number of amides is 1. The highest BCUT2D eigenvalue weighted by Crippen LogP contribution is 2.47. The highest BCUT2D eigenvalue weighted by Gasteiger charge is 2.51. The zero-order chi connectivity index (χ0) is 21.7. The molecule has 1 amide bonds. The first-order chi connectivity index (χ1) is 15.6. The summed E-state index contributed by atoms with van der Waals surface area (Å²) in [6.45, 7) is 2.91. The van der Waals surface area contributed by atoms with E-state index in [4.69, 9.17) is 11.6 Å². The second-order valence-corrected chi connectivity index (χ2v) is 9.79. The summed E-state index contributed by atoms with van der Waals surface area (Å²) in [7, 11) is 0. The number of aromatic nitrogens is 3. The fraction of sp³-hybridized carbons (Fsp3) is 0.458. The number of nitrogens with one attached hydrogen (secondary N) is 2. The SMILES string of the molecule is O=C([C@@H](c1ccc(Cl)cc1)[C@@H]1CCC2(CC2)N1)N1CCN(c2ncnc3[nH]ccc23)CC1. The Hall–Kier alpha value is -2.64. The first-order valence-electron chi connectivity index (χ1n) is 11.5. The minimum Gasteiger partial charge on any atom is -0.352 e. The molecule has 0 unspecified atom stereocenters. The van der Waals surface area contributed by atoms with Gasteiger partial charge in [0.2, 0.25) is 5.91 Å². The predicted molar refractivity (Wildman–Crippen MR) is 125 cm³/mol. The maximum Gasteiger partial charge on any atom is 0.231 e. The third-order valence-corrected chi connectivity index (χ3v) is 7.65. The molecule has 1 spiro atoms. The first kappa shape index (κ1) is 20.0. The topological polar surface area (TPSA) is 77.2 Å². The van der Waals surface area contributed by atoms with Crippen molar-refractivity contribution in [1.82, 2.24) is 25.2 Å². The van der Waals surface area contributed by atoms with Crippen LogP contribution in [0.1, 0.15) is 37.2 Å². The highest BCUT2D eigenvalue weighted by atomic mass is 35.5. The number of H-pyrrole nitrogens is 1. The van der Waals surface area contributed by atoms with E-state index in [1.165, 1.54) is 19.3 Å². The largest absolute Gasteiger partial charge is 0.352 e. The molecule has 7 nitrogen and oxygen atoms in total. The Morgan fingerprint density at radius 2 is 1.84 bits per heavy atom. The van der Waals surface area contributed by atoms with E-state index in [1.807, 2.05) is 41.4 Å². The average molecular weight is 451 g/mol. The molecule has 0 radical (unpaired) electrons. The van der Waals surface area contributed by atoms with Gasteiger partial charge in [0.15, 0.2) is 0 Å².